The van der Waals surface area contributed by atoms with E-state index in [2.05, 4.69) is 20.8 Å². The predicted molar refractivity (Wildman–Crippen MR) is 115 cm³/mol. The molecule has 0 saturated heterocycles. The molecule has 0 fully saturated rings. The second-order valence-corrected chi connectivity index (χ2v) is 8.89. The number of nitrogens with zero attached hydrogens (tertiary/aromatic N) is 2. The van der Waals surface area contributed by atoms with Crippen molar-refractivity contribution in [3.63, 3.8) is 0 Å². The smallest absolute Gasteiger partial charge is 0.237 e. The van der Waals surface area contributed by atoms with Gasteiger partial charge in [0, 0.05) is 18.3 Å². The summed E-state index contributed by atoms with van der Waals surface area (Å²) < 4.78 is 11.8. The van der Waals surface area contributed by atoms with Crippen LogP contribution in [0.4, 0.5) is 10.8 Å². The molecule has 0 radical (unpaired) electrons. The standard InChI is InChI=1S/C20H20N4O3S2/c1-13(18(25)22-15-7-8-16-17(11-15)27-10-9-26-16)28-20-24-23-19(29-20)21-12-14-5-3-2-4-6-14/h2-8,11,13H,9-10,12H2,1H3,(H,21,23)(H,22,25)/t13-/m0/s1. The van der Waals surface area contributed by atoms with E-state index in [0.717, 1.165) is 9.47 Å². The number of anilines is 2. The number of thioether (sulfide) groups is 1. The highest BCUT2D eigenvalue weighted by molar-refractivity contribution is 8.02. The van der Waals surface area contributed by atoms with Gasteiger partial charge in [-0.25, -0.2) is 0 Å². The molecule has 1 atom stereocenters. The molecule has 1 aliphatic heterocycles. The lowest BCUT2D eigenvalue weighted by Crippen LogP contribution is -2.22. The number of amides is 1. The van der Waals surface area contributed by atoms with Gasteiger partial charge in [-0.2, -0.15) is 0 Å². The number of carbonyl (C=O) groups is 1. The summed E-state index contributed by atoms with van der Waals surface area (Å²) in [6, 6.07) is 15.5. The molecular formula is C20H20N4O3S2. The molecule has 150 valence electrons. The van der Waals surface area contributed by atoms with Gasteiger partial charge in [-0.1, -0.05) is 53.4 Å². The Morgan fingerprint density at radius 3 is 2.76 bits per heavy atom. The zero-order chi connectivity index (χ0) is 20.1. The van der Waals surface area contributed by atoms with E-state index in [0.29, 0.717) is 36.9 Å². The Morgan fingerprint density at radius 1 is 1.14 bits per heavy atom. The largest absolute Gasteiger partial charge is 0.486 e. The van der Waals surface area contributed by atoms with E-state index in [1.807, 2.05) is 37.3 Å². The van der Waals surface area contributed by atoms with Crippen LogP contribution in [0.3, 0.4) is 0 Å². The molecule has 4 rings (SSSR count). The Balaban J connectivity index is 1.30. The summed E-state index contributed by atoms with van der Waals surface area (Å²) in [7, 11) is 0. The second kappa shape index (κ2) is 9.15. The molecule has 9 heteroatoms. The van der Waals surface area contributed by atoms with Crippen LogP contribution in [0.15, 0.2) is 52.9 Å². The lowest BCUT2D eigenvalue weighted by atomic mass is 10.2. The maximum atomic E-state index is 12.5. The van der Waals surface area contributed by atoms with Crippen molar-refractivity contribution in [2.24, 2.45) is 0 Å². The monoisotopic (exact) mass is 428 g/mol. The molecule has 7 nitrogen and oxygen atoms in total. The highest BCUT2D eigenvalue weighted by Gasteiger charge is 2.19. The van der Waals surface area contributed by atoms with Crippen molar-refractivity contribution in [3.05, 3.63) is 54.1 Å². The third-order valence-electron chi connectivity index (χ3n) is 4.15. The number of ether oxygens (including phenoxy) is 2. The van der Waals surface area contributed by atoms with Crippen LogP contribution < -0.4 is 20.1 Å². The minimum absolute atomic E-state index is 0.110. The topological polar surface area (TPSA) is 85.4 Å². The van der Waals surface area contributed by atoms with E-state index >= 15 is 0 Å². The predicted octanol–water partition coefficient (Wildman–Crippen LogP) is 4.04. The zero-order valence-corrected chi connectivity index (χ0v) is 17.4. The van der Waals surface area contributed by atoms with E-state index in [-0.39, 0.29) is 11.2 Å². The number of fused-ring (bicyclic) bond motifs is 1. The van der Waals surface area contributed by atoms with Gasteiger partial charge < -0.3 is 20.1 Å². The Bertz CT molecular complexity index is 981. The fraction of sp³-hybridized carbons (Fsp3) is 0.250. The molecule has 0 saturated carbocycles. The first-order valence-corrected chi connectivity index (χ1v) is 10.9. The lowest BCUT2D eigenvalue weighted by Gasteiger charge is -2.19. The molecule has 0 spiro atoms. The Kier molecular flexibility index (Phi) is 6.16. The summed E-state index contributed by atoms with van der Waals surface area (Å²) in [6.07, 6.45) is 0. The van der Waals surface area contributed by atoms with Crippen molar-refractivity contribution < 1.29 is 14.3 Å². The van der Waals surface area contributed by atoms with Crippen molar-refractivity contribution in [1.82, 2.24) is 10.2 Å². The van der Waals surface area contributed by atoms with Gasteiger partial charge in [-0.05, 0) is 24.6 Å². The third-order valence-corrected chi connectivity index (χ3v) is 6.21. The number of nitrogens with one attached hydrogen (secondary N) is 2. The molecule has 29 heavy (non-hydrogen) atoms. The molecule has 2 N–H and O–H groups in total. The molecule has 2 aromatic carbocycles. The Morgan fingerprint density at radius 2 is 1.93 bits per heavy atom. The van der Waals surface area contributed by atoms with Crippen LogP contribution in [0.25, 0.3) is 0 Å². The Labute approximate surface area is 176 Å². The molecule has 1 amide bonds. The van der Waals surface area contributed by atoms with Crippen molar-refractivity contribution in [2.45, 2.75) is 23.1 Å². The fourth-order valence-electron chi connectivity index (χ4n) is 2.67. The van der Waals surface area contributed by atoms with Crippen LogP contribution in [0.1, 0.15) is 12.5 Å². The fourth-order valence-corrected chi connectivity index (χ4v) is 4.56. The van der Waals surface area contributed by atoms with Crippen LogP contribution in [0, 0.1) is 0 Å². The number of hydrogen-bond donors (Lipinski definition) is 2. The average molecular weight is 429 g/mol. The SMILES string of the molecule is C[C@H](Sc1nnc(NCc2ccccc2)s1)C(=O)Nc1ccc2c(c1)OCCO2. The van der Waals surface area contributed by atoms with Gasteiger partial charge in [-0.3, -0.25) is 4.79 Å². The van der Waals surface area contributed by atoms with E-state index in [9.17, 15) is 4.79 Å². The quantitative estimate of drug-likeness (QED) is 0.549. The summed E-state index contributed by atoms with van der Waals surface area (Å²) in [5.74, 6) is 1.23. The third kappa shape index (κ3) is 5.18. The zero-order valence-electron chi connectivity index (χ0n) is 15.8. The van der Waals surface area contributed by atoms with E-state index in [4.69, 9.17) is 9.47 Å². The van der Waals surface area contributed by atoms with Crippen LogP contribution in [0.2, 0.25) is 0 Å². The molecular weight excluding hydrogens is 408 g/mol. The minimum atomic E-state index is -0.321. The van der Waals surface area contributed by atoms with Gasteiger partial charge in [0.1, 0.15) is 13.2 Å². The van der Waals surface area contributed by atoms with Crippen LogP contribution in [-0.2, 0) is 11.3 Å². The highest BCUT2D eigenvalue weighted by atomic mass is 32.2. The molecule has 1 aliphatic rings. The number of rotatable bonds is 7. The van der Waals surface area contributed by atoms with E-state index in [1.165, 1.54) is 28.7 Å². The van der Waals surface area contributed by atoms with Gasteiger partial charge in [0.05, 0.1) is 5.25 Å². The normalized spacial score (nSPS) is 13.6. The first-order valence-electron chi connectivity index (χ1n) is 9.16. The van der Waals surface area contributed by atoms with Gasteiger partial charge in [0.25, 0.3) is 0 Å². The van der Waals surface area contributed by atoms with Crippen molar-refractivity contribution in [1.29, 1.82) is 0 Å². The number of carbonyl (C=O) groups excluding carboxylic acids is 1. The molecule has 2 heterocycles. The molecule has 0 bridgehead atoms. The van der Waals surface area contributed by atoms with Gasteiger partial charge in [-0.15, -0.1) is 10.2 Å². The summed E-state index contributed by atoms with van der Waals surface area (Å²) >= 11 is 2.82. The molecule has 0 aliphatic carbocycles. The highest BCUT2D eigenvalue weighted by Crippen LogP contribution is 2.33. The van der Waals surface area contributed by atoms with Crippen molar-refractivity contribution in [2.75, 3.05) is 23.8 Å². The first kappa shape index (κ1) is 19.5. The lowest BCUT2D eigenvalue weighted by molar-refractivity contribution is -0.115. The van der Waals surface area contributed by atoms with Crippen molar-refractivity contribution in [3.8, 4) is 11.5 Å². The summed E-state index contributed by atoms with van der Waals surface area (Å²) in [6.45, 7) is 3.57. The maximum absolute atomic E-state index is 12.5. The maximum Gasteiger partial charge on any atom is 0.237 e. The van der Waals surface area contributed by atoms with Crippen LogP contribution in [0.5, 0.6) is 11.5 Å². The van der Waals surface area contributed by atoms with Crippen LogP contribution >= 0.6 is 23.1 Å². The summed E-state index contributed by atoms with van der Waals surface area (Å²) in [5, 5.41) is 14.9. The van der Waals surface area contributed by atoms with Gasteiger partial charge in [0.15, 0.2) is 15.8 Å². The first-order chi connectivity index (χ1) is 14.2. The number of hydrogen-bond acceptors (Lipinski definition) is 8. The minimum Gasteiger partial charge on any atom is -0.486 e. The Hall–Kier alpha value is -2.78. The van der Waals surface area contributed by atoms with Gasteiger partial charge in [0.2, 0.25) is 11.0 Å². The molecule has 1 aromatic heterocycles. The summed E-state index contributed by atoms with van der Waals surface area (Å²) in [5.41, 5.74) is 1.85. The second-order valence-electron chi connectivity index (χ2n) is 6.32. The molecule has 0 unspecified atom stereocenters. The average Bonchev–Trinajstić information content (AvgIpc) is 3.20. The molecule has 3 aromatic rings. The van der Waals surface area contributed by atoms with E-state index < -0.39 is 0 Å². The van der Waals surface area contributed by atoms with E-state index in [1.54, 1.807) is 18.2 Å². The van der Waals surface area contributed by atoms with Crippen molar-refractivity contribution >= 4 is 39.8 Å². The number of benzene rings is 2. The number of aromatic nitrogens is 2. The summed E-state index contributed by atoms with van der Waals surface area (Å²) in [4.78, 5) is 12.5. The van der Waals surface area contributed by atoms with Crippen LogP contribution in [-0.4, -0.2) is 34.6 Å². The van der Waals surface area contributed by atoms with Gasteiger partial charge >= 0.3 is 0 Å².